The van der Waals surface area contributed by atoms with Crippen LogP contribution >= 0.6 is 27.5 Å². The van der Waals surface area contributed by atoms with Gasteiger partial charge in [0, 0.05) is 0 Å². The lowest BCUT2D eigenvalue weighted by molar-refractivity contribution is 0.0549. The van der Waals surface area contributed by atoms with Gasteiger partial charge in [0.25, 0.3) is 0 Å². The maximum absolute atomic E-state index is 11.1. The van der Waals surface area contributed by atoms with Crippen molar-refractivity contribution in [3.63, 3.8) is 0 Å². The molecule has 0 saturated heterocycles. The largest absolute Gasteiger partial charge is 0.432 e. The zero-order valence-electron chi connectivity index (χ0n) is 6.04. The van der Waals surface area contributed by atoms with Crippen molar-refractivity contribution in [3.8, 4) is 0 Å². The van der Waals surface area contributed by atoms with Gasteiger partial charge in [-0.05, 0) is 28.1 Å². The van der Waals surface area contributed by atoms with Gasteiger partial charge in [-0.1, -0.05) is 29.8 Å². The van der Waals surface area contributed by atoms with E-state index in [1.165, 1.54) is 0 Å². The first-order valence-electron chi connectivity index (χ1n) is 3.24. The lowest BCUT2D eigenvalue weighted by atomic mass is 10.2. The van der Waals surface area contributed by atoms with E-state index < -0.39 is 10.4 Å². The highest BCUT2D eigenvalue weighted by atomic mass is 79.9. The second-order valence-corrected chi connectivity index (χ2v) is 3.79. The van der Waals surface area contributed by atoms with Crippen molar-refractivity contribution in [2.45, 2.75) is 4.47 Å². The van der Waals surface area contributed by atoms with Gasteiger partial charge >= 0.3 is 5.97 Å². The number of benzene rings is 1. The van der Waals surface area contributed by atoms with Gasteiger partial charge in [0.2, 0.25) is 4.47 Å². The minimum Gasteiger partial charge on any atom is -0.432 e. The second kappa shape index (κ2) is 4.48. The summed E-state index contributed by atoms with van der Waals surface area (Å²) in [7, 11) is 0. The molecule has 0 fully saturated rings. The number of alkyl halides is 2. The maximum Gasteiger partial charge on any atom is 0.340 e. The van der Waals surface area contributed by atoms with Crippen LogP contribution in [-0.2, 0) is 4.74 Å². The molecule has 0 aromatic heterocycles. The van der Waals surface area contributed by atoms with Crippen molar-refractivity contribution in [3.05, 3.63) is 35.9 Å². The van der Waals surface area contributed by atoms with Crippen LogP contribution in [0.2, 0.25) is 0 Å². The maximum atomic E-state index is 11.1. The first kappa shape index (κ1) is 9.55. The Morgan fingerprint density at radius 1 is 1.42 bits per heavy atom. The average molecular weight is 249 g/mol. The molecule has 0 radical (unpaired) electrons. The summed E-state index contributed by atoms with van der Waals surface area (Å²) in [5.74, 6) is -0.438. The molecule has 1 aromatic carbocycles. The molecular formula is C8H6BrClO2. The van der Waals surface area contributed by atoms with Crippen LogP contribution in [0.15, 0.2) is 30.3 Å². The van der Waals surface area contributed by atoms with Crippen LogP contribution in [0.4, 0.5) is 0 Å². The van der Waals surface area contributed by atoms with Gasteiger partial charge in [-0.2, -0.15) is 0 Å². The summed E-state index contributed by atoms with van der Waals surface area (Å²) in [6.07, 6.45) is 0. The third-order valence-corrected chi connectivity index (χ3v) is 1.48. The standard InChI is InChI=1S/C8H6BrClO2/c9-8(10)12-7(11)6-4-2-1-3-5-6/h1-5,8H. The molecule has 1 atom stereocenters. The van der Waals surface area contributed by atoms with Crippen molar-refractivity contribution >= 4 is 33.5 Å². The molecule has 0 amide bonds. The van der Waals surface area contributed by atoms with Crippen LogP contribution in [0.3, 0.4) is 0 Å². The fourth-order valence-corrected chi connectivity index (χ4v) is 0.974. The Labute approximate surface area is 83.6 Å². The molecule has 0 aliphatic rings. The van der Waals surface area contributed by atoms with E-state index in [0.29, 0.717) is 5.56 Å². The van der Waals surface area contributed by atoms with Crippen LogP contribution in [0.5, 0.6) is 0 Å². The van der Waals surface area contributed by atoms with E-state index in [1.807, 2.05) is 6.07 Å². The van der Waals surface area contributed by atoms with E-state index in [1.54, 1.807) is 24.3 Å². The Kier molecular flexibility index (Phi) is 3.56. The molecule has 1 unspecified atom stereocenters. The third kappa shape index (κ3) is 2.83. The number of hydrogen-bond acceptors (Lipinski definition) is 2. The quantitative estimate of drug-likeness (QED) is 0.595. The van der Waals surface area contributed by atoms with Crippen LogP contribution in [0, 0.1) is 0 Å². The van der Waals surface area contributed by atoms with Crippen molar-refractivity contribution in [1.82, 2.24) is 0 Å². The number of halogens is 2. The minimum absolute atomic E-state index is 0.438. The first-order valence-corrected chi connectivity index (χ1v) is 4.59. The van der Waals surface area contributed by atoms with Crippen LogP contribution < -0.4 is 0 Å². The van der Waals surface area contributed by atoms with E-state index in [-0.39, 0.29) is 0 Å². The summed E-state index contributed by atoms with van der Waals surface area (Å²) >= 11 is 8.29. The number of carbonyl (C=O) groups excluding carboxylic acids is 1. The Balaban J connectivity index is 2.66. The van der Waals surface area contributed by atoms with E-state index in [9.17, 15) is 4.79 Å². The van der Waals surface area contributed by atoms with Crippen LogP contribution in [-0.4, -0.2) is 10.4 Å². The number of ether oxygens (including phenoxy) is 1. The Hall–Kier alpha value is -0.540. The SMILES string of the molecule is O=C(OC(Cl)Br)c1ccccc1. The van der Waals surface area contributed by atoms with Gasteiger partial charge in [-0.15, -0.1) is 0 Å². The highest BCUT2D eigenvalue weighted by molar-refractivity contribution is 9.10. The molecular weight excluding hydrogens is 243 g/mol. The van der Waals surface area contributed by atoms with Crippen molar-refractivity contribution in [2.75, 3.05) is 0 Å². The molecule has 1 aromatic rings. The smallest absolute Gasteiger partial charge is 0.340 e. The van der Waals surface area contributed by atoms with Gasteiger partial charge in [-0.25, -0.2) is 4.79 Å². The molecule has 12 heavy (non-hydrogen) atoms. The molecule has 0 bridgehead atoms. The number of rotatable bonds is 2. The zero-order chi connectivity index (χ0) is 8.97. The molecule has 0 aliphatic carbocycles. The van der Waals surface area contributed by atoms with Gasteiger partial charge in [0.05, 0.1) is 5.56 Å². The molecule has 4 heteroatoms. The predicted octanol–water partition coefficient (Wildman–Crippen LogP) is 2.76. The van der Waals surface area contributed by atoms with Gasteiger partial charge in [0.15, 0.2) is 0 Å². The molecule has 0 N–H and O–H groups in total. The lowest BCUT2D eigenvalue weighted by Crippen LogP contribution is -2.07. The normalized spacial score (nSPS) is 12.2. The molecule has 0 aliphatic heterocycles. The zero-order valence-corrected chi connectivity index (χ0v) is 8.38. The summed E-state index contributed by atoms with van der Waals surface area (Å²) in [5, 5.41) is 0. The Bertz CT molecular complexity index is 261. The summed E-state index contributed by atoms with van der Waals surface area (Å²) in [6, 6.07) is 8.66. The summed E-state index contributed by atoms with van der Waals surface area (Å²) in [5.41, 5.74) is 0.489. The van der Waals surface area contributed by atoms with Crippen molar-refractivity contribution in [1.29, 1.82) is 0 Å². The summed E-state index contributed by atoms with van der Waals surface area (Å²) < 4.78 is 3.91. The van der Waals surface area contributed by atoms with E-state index >= 15 is 0 Å². The van der Waals surface area contributed by atoms with Crippen molar-refractivity contribution in [2.24, 2.45) is 0 Å². The van der Waals surface area contributed by atoms with E-state index in [4.69, 9.17) is 11.6 Å². The van der Waals surface area contributed by atoms with Gasteiger partial charge in [-0.3, -0.25) is 0 Å². The second-order valence-electron chi connectivity index (χ2n) is 2.03. The van der Waals surface area contributed by atoms with Crippen LogP contribution in [0.1, 0.15) is 10.4 Å². The first-order chi connectivity index (χ1) is 5.70. The minimum atomic E-state index is -0.773. The monoisotopic (exact) mass is 248 g/mol. The van der Waals surface area contributed by atoms with Crippen molar-refractivity contribution < 1.29 is 9.53 Å². The molecule has 2 nitrogen and oxygen atoms in total. The number of esters is 1. The molecule has 64 valence electrons. The van der Waals surface area contributed by atoms with Crippen LogP contribution in [0.25, 0.3) is 0 Å². The predicted molar refractivity (Wildman–Crippen MR) is 50.4 cm³/mol. The topological polar surface area (TPSA) is 26.3 Å². The number of carbonyl (C=O) groups is 1. The molecule has 1 rings (SSSR count). The summed E-state index contributed by atoms with van der Waals surface area (Å²) in [6.45, 7) is 0. The summed E-state index contributed by atoms with van der Waals surface area (Å²) in [4.78, 5) is 11.1. The fourth-order valence-electron chi connectivity index (χ4n) is 0.723. The fraction of sp³-hybridized carbons (Fsp3) is 0.125. The molecule has 0 heterocycles. The van der Waals surface area contributed by atoms with E-state index in [2.05, 4.69) is 20.7 Å². The lowest BCUT2D eigenvalue weighted by Gasteiger charge is -2.03. The average Bonchev–Trinajstić information content (AvgIpc) is 2.05. The highest BCUT2D eigenvalue weighted by Gasteiger charge is 2.08. The molecule has 0 spiro atoms. The van der Waals surface area contributed by atoms with Gasteiger partial charge in [0.1, 0.15) is 0 Å². The van der Waals surface area contributed by atoms with Gasteiger partial charge < -0.3 is 4.74 Å². The van der Waals surface area contributed by atoms with E-state index in [0.717, 1.165) is 0 Å². The Morgan fingerprint density at radius 2 is 2.00 bits per heavy atom. The third-order valence-electron chi connectivity index (χ3n) is 1.21. The highest BCUT2D eigenvalue weighted by Crippen LogP contribution is 2.10. The number of hydrogen-bond donors (Lipinski definition) is 0. The molecule has 0 saturated carbocycles. The Morgan fingerprint density at radius 3 is 2.50 bits per heavy atom.